The fourth-order valence-corrected chi connectivity index (χ4v) is 3.15. The second-order valence-corrected chi connectivity index (χ2v) is 6.00. The Hall–Kier alpha value is -1.92. The highest BCUT2D eigenvalue weighted by molar-refractivity contribution is 7.17. The molecule has 20 heavy (non-hydrogen) atoms. The monoisotopic (exact) mass is 289 g/mol. The molecule has 1 atom stereocenters. The number of nitrogen functional groups attached to an aromatic ring is 1. The van der Waals surface area contributed by atoms with Crippen LogP contribution in [0.3, 0.4) is 0 Å². The van der Waals surface area contributed by atoms with Crippen molar-refractivity contribution in [1.29, 1.82) is 0 Å². The van der Waals surface area contributed by atoms with Gasteiger partial charge in [0.05, 0.1) is 12.7 Å². The molecule has 2 heterocycles. The minimum Gasteiger partial charge on any atom is -0.383 e. The van der Waals surface area contributed by atoms with Crippen molar-refractivity contribution >= 4 is 22.4 Å². The van der Waals surface area contributed by atoms with Crippen LogP contribution in [0.5, 0.6) is 0 Å². The Morgan fingerprint density at radius 3 is 2.80 bits per heavy atom. The molecule has 1 aliphatic heterocycles. The number of benzene rings is 1. The second kappa shape index (κ2) is 4.88. The smallest absolute Gasteiger partial charge is 0.265 e. The molecule has 3 rings (SSSR count). The number of anilines is 1. The van der Waals surface area contributed by atoms with Crippen molar-refractivity contribution in [2.45, 2.75) is 12.0 Å². The molecule has 6 heteroatoms. The standard InChI is InChI=1S/C14H15N3O2S/c15-13-16-8-11(20-13)12(18)17-7-6-14(19,9-17)10-4-2-1-3-5-10/h1-5,8,19H,6-7,9H2,(H2,15,16)/t14-/m1/s1. The SMILES string of the molecule is Nc1ncc(C(=O)N2CC[C@](O)(c3ccccc3)C2)s1. The topological polar surface area (TPSA) is 79.5 Å². The predicted molar refractivity (Wildman–Crippen MR) is 77.4 cm³/mol. The Morgan fingerprint density at radius 2 is 2.15 bits per heavy atom. The number of β-amino-alcohol motifs (C(OH)–C–C–N with tert-alkyl or cyclic N) is 1. The lowest BCUT2D eigenvalue weighted by molar-refractivity contribution is 0.0419. The maximum absolute atomic E-state index is 12.3. The number of nitrogens with zero attached hydrogens (tertiary/aromatic N) is 2. The van der Waals surface area contributed by atoms with Crippen molar-refractivity contribution < 1.29 is 9.90 Å². The van der Waals surface area contributed by atoms with Gasteiger partial charge in [0.15, 0.2) is 5.13 Å². The summed E-state index contributed by atoms with van der Waals surface area (Å²) < 4.78 is 0. The minimum atomic E-state index is -0.965. The molecule has 1 aliphatic rings. The van der Waals surface area contributed by atoms with E-state index < -0.39 is 5.60 Å². The van der Waals surface area contributed by atoms with E-state index in [1.807, 2.05) is 30.3 Å². The quantitative estimate of drug-likeness (QED) is 0.877. The summed E-state index contributed by atoms with van der Waals surface area (Å²) in [6, 6.07) is 9.46. The predicted octanol–water partition coefficient (Wildman–Crippen LogP) is 1.46. The van der Waals surface area contributed by atoms with Gasteiger partial charge in [0.2, 0.25) is 0 Å². The van der Waals surface area contributed by atoms with E-state index in [0.29, 0.717) is 29.5 Å². The molecule has 3 N–H and O–H groups in total. The first-order valence-corrected chi connectivity index (χ1v) is 7.19. The summed E-state index contributed by atoms with van der Waals surface area (Å²) in [5, 5.41) is 11.1. The third-order valence-electron chi connectivity index (χ3n) is 3.58. The van der Waals surface area contributed by atoms with Gasteiger partial charge in [-0.3, -0.25) is 4.79 Å². The van der Waals surface area contributed by atoms with Crippen LogP contribution in [0.4, 0.5) is 5.13 Å². The van der Waals surface area contributed by atoms with Crippen molar-refractivity contribution in [2.75, 3.05) is 18.8 Å². The summed E-state index contributed by atoms with van der Waals surface area (Å²) in [5.74, 6) is -0.119. The van der Waals surface area contributed by atoms with E-state index in [-0.39, 0.29) is 5.91 Å². The van der Waals surface area contributed by atoms with Crippen molar-refractivity contribution in [3.63, 3.8) is 0 Å². The van der Waals surface area contributed by atoms with Crippen LogP contribution >= 0.6 is 11.3 Å². The summed E-state index contributed by atoms with van der Waals surface area (Å²) in [7, 11) is 0. The molecule has 1 amide bonds. The minimum absolute atomic E-state index is 0.119. The molecule has 0 aliphatic carbocycles. The number of nitrogens with two attached hydrogens (primary N) is 1. The van der Waals surface area contributed by atoms with Crippen LogP contribution in [0.15, 0.2) is 36.5 Å². The van der Waals surface area contributed by atoms with Gasteiger partial charge in [-0.15, -0.1) is 0 Å². The number of carbonyl (C=O) groups is 1. The van der Waals surface area contributed by atoms with Gasteiger partial charge in [-0.1, -0.05) is 41.7 Å². The van der Waals surface area contributed by atoms with Crippen LogP contribution in [-0.2, 0) is 5.60 Å². The molecule has 5 nitrogen and oxygen atoms in total. The Balaban J connectivity index is 1.78. The normalized spacial score (nSPS) is 22.1. The first-order valence-electron chi connectivity index (χ1n) is 6.37. The highest BCUT2D eigenvalue weighted by atomic mass is 32.1. The van der Waals surface area contributed by atoms with Crippen LogP contribution in [0.25, 0.3) is 0 Å². The molecular formula is C14H15N3O2S. The van der Waals surface area contributed by atoms with Crippen LogP contribution < -0.4 is 5.73 Å². The van der Waals surface area contributed by atoms with Crippen LogP contribution in [0, 0.1) is 0 Å². The molecule has 0 radical (unpaired) electrons. The third-order valence-corrected chi connectivity index (χ3v) is 4.39. The van der Waals surface area contributed by atoms with E-state index in [0.717, 1.165) is 5.56 Å². The van der Waals surface area contributed by atoms with E-state index in [2.05, 4.69) is 4.98 Å². The Kier molecular flexibility index (Phi) is 3.19. The number of carbonyl (C=O) groups excluding carboxylic acids is 1. The largest absolute Gasteiger partial charge is 0.383 e. The van der Waals surface area contributed by atoms with Gasteiger partial charge in [-0.05, 0) is 12.0 Å². The molecular weight excluding hydrogens is 274 g/mol. The number of hydrogen-bond acceptors (Lipinski definition) is 5. The fraction of sp³-hybridized carbons (Fsp3) is 0.286. The molecule has 0 spiro atoms. The average molecular weight is 289 g/mol. The zero-order valence-electron chi connectivity index (χ0n) is 10.8. The number of aliphatic hydroxyl groups is 1. The zero-order valence-corrected chi connectivity index (χ0v) is 11.6. The molecule has 0 bridgehead atoms. The molecule has 1 aromatic heterocycles. The van der Waals surface area contributed by atoms with Crippen molar-refractivity contribution in [3.8, 4) is 0 Å². The number of aromatic nitrogens is 1. The lowest BCUT2D eigenvalue weighted by Gasteiger charge is -2.23. The zero-order chi connectivity index (χ0) is 14.2. The third kappa shape index (κ3) is 2.28. The summed E-state index contributed by atoms with van der Waals surface area (Å²) in [6.07, 6.45) is 2.03. The lowest BCUT2D eigenvalue weighted by atomic mass is 9.93. The molecule has 2 aromatic rings. The number of hydrogen-bond donors (Lipinski definition) is 2. The number of rotatable bonds is 2. The van der Waals surface area contributed by atoms with Gasteiger partial charge in [-0.25, -0.2) is 4.98 Å². The Labute approximate surface area is 120 Å². The summed E-state index contributed by atoms with van der Waals surface area (Å²) in [5.41, 5.74) is 5.43. The van der Waals surface area contributed by atoms with Gasteiger partial charge < -0.3 is 15.7 Å². The molecule has 1 saturated heterocycles. The first-order chi connectivity index (χ1) is 9.58. The van der Waals surface area contributed by atoms with Gasteiger partial charge in [0, 0.05) is 6.54 Å². The lowest BCUT2D eigenvalue weighted by Crippen LogP contribution is -2.34. The molecule has 0 unspecified atom stereocenters. The molecule has 1 fully saturated rings. The highest BCUT2D eigenvalue weighted by Gasteiger charge is 2.40. The van der Waals surface area contributed by atoms with Crippen LogP contribution in [-0.4, -0.2) is 34.0 Å². The van der Waals surface area contributed by atoms with Crippen molar-refractivity contribution in [3.05, 3.63) is 47.0 Å². The Bertz CT molecular complexity index is 628. The summed E-state index contributed by atoms with van der Waals surface area (Å²) in [6.45, 7) is 0.829. The Morgan fingerprint density at radius 1 is 1.40 bits per heavy atom. The van der Waals surface area contributed by atoms with Crippen LogP contribution in [0.1, 0.15) is 21.7 Å². The average Bonchev–Trinajstić information content (AvgIpc) is 3.07. The maximum Gasteiger partial charge on any atom is 0.265 e. The van der Waals surface area contributed by atoms with Crippen LogP contribution in [0.2, 0.25) is 0 Å². The second-order valence-electron chi connectivity index (χ2n) is 4.94. The maximum atomic E-state index is 12.3. The van der Waals surface area contributed by atoms with Gasteiger partial charge >= 0.3 is 0 Å². The molecule has 1 aromatic carbocycles. The molecule has 0 saturated carbocycles. The number of amides is 1. The van der Waals surface area contributed by atoms with E-state index in [9.17, 15) is 9.90 Å². The summed E-state index contributed by atoms with van der Waals surface area (Å²) in [4.78, 5) is 18.4. The van der Waals surface area contributed by atoms with Gasteiger partial charge in [0.25, 0.3) is 5.91 Å². The highest BCUT2D eigenvalue weighted by Crippen LogP contribution is 2.33. The summed E-state index contributed by atoms with van der Waals surface area (Å²) >= 11 is 1.17. The number of thiazole rings is 1. The van der Waals surface area contributed by atoms with Crippen molar-refractivity contribution in [2.24, 2.45) is 0 Å². The van der Waals surface area contributed by atoms with Crippen molar-refractivity contribution in [1.82, 2.24) is 9.88 Å². The fourth-order valence-electron chi connectivity index (χ4n) is 2.49. The van der Waals surface area contributed by atoms with Gasteiger partial charge in [0.1, 0.15) is 10.5 Å². The molecule has 104 valence electrons. The van der Waals surface area contributed by atoms with E-state index in [1.165, 1.54) is 17.5 Å². The van der Waals surface area contributed by atoms with Gasteiger partial charge in [-0.2, -0.15) is 0 Å². The van der Waals surface area contributed by atoms with E-state index in [1.54, 1.807) is 4.90 Å². The van der Waals surface area contributed by atoms with E-state index in [4.69, 9.17) is 5.73 Å². The van der Waals surface area contributed by atoms with E-state index >= 15 is 0 Å². The number of likely N-dealkylation sites (tertiary alicyclic amines) is 1. The first kappa shape index (κ1) is 13.1.